The second-order valence-electron chi connectivity index (χ2n) is 4.79. The van der Waals surface area contributed by atoms with Crippen molar-refractivity contribution in [3.8, 4) is 5.75 Å². The highest BCUT2D eigenvalue weighted by molar-refractivity contribution is 6.30. The fourth-order valence-electron chi connectivity index (χ4n) is 2.05. The van der Waals surface area contributed by atoms with E-state index in [4.69, 9.17) is 11.6 Å². The van der Waals surface area contributed by atoms with Gasteiger partial charge in [0.15, 0.2) is 5.82 Å². The zero-order chi connectivity index (χ0) is 15.0. The number of azo groups is 1. The van der Waals surface area contributed by atoms with Gasteiger partial charge in [-0.05, 0) is 49.7 Å². The van der Waals surface area contributed by atoms with Crippen LogP contribution < -0.4 is 0 Å². The maximum absolute atomic E-state index is 9.75. The fourth-order valence-corrected chi connectivity index (χ4v) is 2.22. The summed E-state index contributed by atoms with van der Waals surface area (Å²) >= 11 is 5.89. The zero-order valence-electron chi connectivity index (χ0n) is 11.6. The van der Waals surface area contributed by atoms with Crippen molar-refractivity contribution in [1.82, 2.24) is 9.38 Å². The van der Waals surface area contributed by atoms with E-state index >= 15 is 0 Å². The summed E-state index contributed by atoms with van der Waals surface area (Å²) in [6.45, 7) is 3.88. The summed E-state index contributed by atoms with van der Waals surface area (Å²) in [4.78, 5) is 4.45. The molecule has 0 bridgehead atoms. The van der Waals surface area contributed by atoms with Gasteiger partial charge in [-0.2, -0.15) is 0 Å². The molecule has 0 radical (unpaired) electrons. The van der Waals surface area contributed by atoms with Gasteiger partial charge in [0, 0.05) is 11.2 Å². The third-order valence-corrected chi connectivity index (χ3v) is 3.35. The van der Waals surface area contributed by atoms with E-state index in [1.54, 1.807) is 12.1 Å². The maximum atomic E-state index is 9.75. The lowest BCUT2D eigenvalue weighted by Gasteiger charge is -1.99. The third-order valence-electron chi connectivity index (χ3n) is 3.11. The van der Waals surface area contributed by atoms with Gasteiger partial charge in [0.2, 0.25) is 0 Å². The molecule has 0 atom stereocenters. The van der Waals surface area contributed by atoms with Crippen molar-refractivity contribution in [3.63, 3.8) is 0 Å². The fraction of sp³-hybridized carbons (Fsp3) is 0.133. The number of rotatable bonds is 2. The molecule has 0 aliphatic rings. The first-order chi connectivity index (χ1) is 10.0. The number of nitrogens with zero attached hydrogens (tertiary/aromatic N) is 4. The number of imidazole rings is 1. The molecule has 0 aliphatic carbocycles. The molecule has 0 spiro atoms. The predicted molar refractivity (Wildman–Crippen MR) is 82.0 cm³/mol. The smallest absolute Gasteiger partial charge is 0.182 e. The van der Waals surface area contributed by atoms with E-state index in [2.05, 4.69) is 15.2 Å². The third kappa shape index (κ3) is 2.60. The lowest BCUT2D eigenvalue weighted by molar-refractivity contribution is 0.476. The Morgan fingerprint density at radius 3 is 2.76 bits per heavy atom. The summed E-state index contributed by atoms with van der Waals surface area (Å²) in [6, 6.07) is 8.59. The number of pyridine rings is 1. The van der Waals surface area contributed by atoms with Gasteiger partial charge in [-0.3, -0.25) is 4.40 Å². The van der Waals surface area contributed by atoms with Gasteiger partial charge in [0.05, 0.1) is 5.69 Å². The Morgan fingerprint density at radius 2 is 1.95 bits per heavy atom. The largest absolute Gasteiger partial charge is 0.506 e. The Balaban J connectivity index is 2.07. The predicted octanol–water partition coefficient (Wildman–Crippen LogP) is 4.73. The van der Waals surface area contributed by atoms with E-state index in [9.17, 15) is 5.11 Å². The van der Waals surface area contributed by atoms with Crippen LogP contribution in [0.5, 0.6) is 5.75 Å². The minimum Gasteiger partial charge on any atom is -0.506 e. The molecule has 1 N–H and O–H groups in total. The second-order valence-corrected chi connectivity index (χ2v) is 5.22. The highest BCUT2D eigenvalue weighted by Crippen LogP contribution is 2.31. The van der Waals surface area contributed by atoms with Crippen LogP contribution in [0.2, 0.25) is 5.02 Å². The number of aryl methyl sites for hydroxylation is 2. The van der Waals surface area contributed by atoms with Crippen LogP contribution in [-0.4, -0.2) is 14.5 Å². The molecule has 0 aliphatic heterocycles. The van der Waals surface area contributed by atoms with Crippen molar-refractivity contribution in [3.05, 3.63) is 52.8 Å². The molecule has 0 amide bonds. The second kappa shape index (κ2) is 5.18. The standard InChI is InChI=1S/C15H13ClN4O/c1-9-5-6-20-14(7-9)17-10(2)15(20)19-18-12-8-11(16)3-4-13(12)21/h3-8,21H,1-2H3. The Hall–Kier alpha value is -2.40. The Labute approximate surface area is 126 Å². The number of benzene rings is 1. The van der Waals surface area contributed by atoms with E-state index in [1.807, 2.05) is 36.6 Å². The summed E-state index contributed by atoms with van der Waals surface area (Å²) in [6.07, 6.45) is 1.90. The summed E-state index contributed by atoms with van der Waals surface area (Å²) in [5.41, 5.74) is 3.04. The SMILES string of the molecule is Cc1ccn2c(N=Nc3cc(Cl)ccc3O)c(C)nc2c1. The lowest BCUT2D eigenvalue weighted by Crippen LogP contribution is -1.83. The molecular formula is C15H13ClN4O. The number of phenolic OH excluding ortho intramolecular Hbond substituents is 1. The first-order valence-corrected chi connectivity index (χ1v) is 6.78. The highest BCUT2D eigenvalue weighted by Gasteiger charge is 2.08. The molecule has 0 saturated heterocycles. The Kier molecular flexibility index (Phi) is 3.35. The summed E-state index contributed by atoms with van der Waals surface area (Å²) in [7, 11) is 0. The molecule has 0 fully saturated rings. The van der Waals surface area contributed by atoms with Crippen molar-refractivity contribution in [2.45, 2.75) is 13.8 Å². The summed E-state index contributed by atoms with van der Waals surface area (Å²) < 4.78 is 1.85. The van der Waals surface area contributed by atoms with Crippen LogP contribution in [0, 0.1) is 13.8 Å². The van der Waals surface area contributed by atoms with Crippen LogP contribution in [0.25, 0.3) is 5.65 Å². The highest BCUT2D eigenvalue weighted by atomic mass is 35.5. The van der Waals surface area contributed by atoms with Crippen LogP contribution in [-0.2, 0) is 0 Å². The van der Waals surface area contributed by atoms with Gasteiger partial charge in [0.1, 0.15) is 17.1 Å². The monoisotopic (exact) mass is 300 g/mol. The number of fused-ring (bicyclic) bond motifs is 1. The number of phenols is 1. The van der Waals surface area contributed by atoms with Crippen LogP contribution >= 0.6 is 11.6 Å². The van der Waals surface area contributed by atoms with Crippen LogP contribution in [0.4, 0.5) is 11.5 Å². The average molecular weight is 301 g/mol. The van der Waals surface area contributed by atoms with Gasteiger partial charge in [0.25, 0.3) is 0 Å². The van der Waals surface area contributed by atoms with Gasteiger partial charge < -0.3 is 5.11 Å². The first-order valence-electron chi connectivity index (χ1n) is 6.40. The molecule has 6 heteroatoms. The minimum atomic E-state index is 0.0328. The van der Waals surface area contributed by atoms with Crippen molar-refractivity contribution in [1.29, 1.82) is 0 Å². The van der Waals surface area contributed by atoms with Gasteiger partial charge >= 0.3 is 0 Å². The molecule has 3 rings (SSSR count). The molecule has 21 heavy (non-hydrogen) atoms. The summed E-state index contributed by atoms with van der Waals surface area (Å²) in [5, 5.41) is 18.5. The van der Waals surface area contributed by atoms with Crippen molar-refractivity contribution < 1.29 is 5.11 Å². The van der Waals surface area contributed by atoms with Crippen LogP contribution in [0.15, 0.2) is 46.8 Å². The lowest BCUT2D eigenvalue weighted by atomic mass is 10.3. The molecule has 0 saturated carbocycles. The van der Waals surface area contributed by atoms with Gasteiger partial charge in [-0.25, -0.2) is 4.98 Å². The molecule has 2 heterocycles. The van der Waals surface area contributed by atoms with E-state index in [0.29, 0.717) is 16.5 Å². The number of halogens is 1. The van der Waals surface area contributed by atoms with Gasteiger partial charge in [-0.1, -0.05) is 11.6 Å². The normalized spacial score (nSPS) is 11.6. The van der Waals surface area contributed by atoms with Crippen molar-refractivity contribution in [2.24, 2.45) is 10.2 Å². The topological polar surface area (TPSA) is 62.2 Å². The summed E-state index contributed by atoms with van der Waals surface area (Å²) in [5.74, 6) is 0.662. The first kappa shape index (κ1) is 13.6. The quantitative estimate of drug-likeness (QED) is 0.696. The number of aromatic hydroxyl groups is 1. The maximum Gasteiger partial charge on any atom is 0.182 e. The van der Waals surface area contributed by atoms with E-state index < -0.39 is 0 Å². The molecule has 5 nitrogen and oxygen atoms in total. The molecule has 1 aromatic carbocycles. The number of hydrogen-bond donors (Lipinski definition) is 1. The zero-order valence-corrected chi connectivity index (χ0v) is 12.3. The molecule has 106 valence electrons. The van der Waals surface area contributed by atoms with Crippen LogP contribution in [0.3, 0.4) is 0 Å². The molecule has 2 aromatic heterocycles. The van der Waals surface area contributed by atoms with Crippen molar-refractivity contribution in [2.75, 3.05) is 0 Å². The van der Waals surface area contributed by atoms with E-state index in [1.165, 1.54) is 6.07 Å². The Bertz CT molecular complexity index is 854. The average Bonchev–Trinajstić information content (AvgIpc) is 2.74. The minimum absolute atomic E-state index is 0.0328. The van der Waals surface area contributed by atoms with Gasteiger partial charge in [-0.15, -0.1) is 10.2 Å². The van der Waals surface area contributed by atoms with E-state index in [-0.39, 0.29) is 5.75 Å². The van der Waals surface area contributed by atoms with Crippen LogP contribution in [0.1, 0.15) is 11.3 Å². The van der Waals surface area contributed by atoms with Crippen molar-refractivity contribution >= 4 is 28.8 Å². The number of hydrogen-bond acceptors (Lipinski definition) is 4. The van der Waals surface area contributed by atoms with E-state index in [0.717, 1.165) is 16.9 Å². The number of aromatic nitrogens is 2. The molecular weight excluding hydrogens is 288 g/mol. The Morgan fingerprint density at radius 1 is 1.14 bits per heavy atom. The molecule has 3 aromatic rings. The molecule has 0 unspecified atom stereocenters.